The van der Waals surface area contributed by atoms with Crippen molar-refractivity contribution in [3.05, 3.63) is 72.9 Å². The Bertz CT molecular complexity index is 1240. The highest BCUT2D eigenvalue weighted by Gasteiger charge is 2.19. The van der Waals surface area contributed by atoms with Crippen LogP contribution in [0.2, 0.25) is 0 Å². The van der Waals surface area contributed by atoms with Crippen molar-refractivity contribution in [2.24, 2.45) is 0 Å². The van der Waals surface area contributed by atoms with Crippen LogP contribution in [0.15, 0.2) is 72.9 Å². The lowest BCUT2D eigenvalue weighted by molar-refractivity contribution is -0.167. The molecule has 0 aromatic carbocycles. The summed E-state index contributed by atoms with van der Waals surface area (Å²) >= 11 is 0. The van der Waals surface area contributed by atoms with Gasteiger partial charge in [0, 0.05) is 19.3 Å². The van der Waals surface area contributed by atoms with Gasteiger partial charge in [-0.3, -0.25) is 14.4 Å². The number of rotatable bonds is 50. The van der Waals surface area contributed by atoms with Gasteiger partial charge >= 0.3 is 17.9 Å². The zero-order chi connectivity index (χ0) is 47.9. The van der Waals surface area contributed by atoms with E-state index in [2.05, 4.69) is 93.7 Å². The summed E-state index contributed by atoms with van der Waals surface area (Å²) in [7, 11) is 0. The molecular formula is C60H104O6. The first-order valence-electron chi connectivity index (χ1n) is 27.9. The van der Waals surface area contributed by atoms with Gasteiger partial charge in [-0.1, -0.05) is 222 Å². The molecule has 0 saturated heterocycles. The number of ether oxygens (including phenoxy) is 3. The van der Waals surface area contributed by atoms with Gasteiger partial charge in [0.1, 0.15) is 13.2 Å². The third-order valence-electron chi connectivity index (χ3n) is 11.9. The van der Waals surface area contributed by atoms with Crippen LogP contribution in [0, 0.1) is 0 Å². The number of carbonyl (C=O) groups is 3. The van der Waals surface area contributed by atoms with Crippen molar-refractivity contribution in [2.75, 3.05) is 13.2 Å². The molecule has 6 nitrogen and oxygen atoms in total. The molecule has 0 amide bonds. The van der Waals surface area contributed by atoms with E-state index in [-0.39, 0.29) is 31.1 Å². The minimum absolute atomic E-state index is 0.0820. The fourth-order valence-corrected chi connectivity index (χ4v) is 7.78. The standard InChI is InChI=1S/C60H104O6/c1-4-7-10-13-16-19-22-25-28-29-30-31-33-35-38-41-44-47-50-53-59(62)65-56-57(55-64-58(61)52-49-46-43-40-37-34-27-24-21-18-15-12-9-6-3)66-60(63)54-51-48-45-42-39-36-32-26-23-20-17-14-11-8-5-2/h7,9-10,12,16,18-21,23,25,28,57H,4-6,8,11,13-15,17,22,24,26-27,29-56H2,1-3H3/b10-7-,12-9-,19-16-,21-18-,23-20-,28-25-. The van der Waals surface area contributed by atoms with Gasteiger partial charge in [-0.25, -0.2) is 0 Å². The zero-order valence-corrected chi connectivity index (χ0v) is 43.4. The molecule has 0 aliphatic carbocycles. The lowest BCUT2D eigenvalue weighted by Crippen LogP contribution is -2.30. The van der Waals surface area contributed by atoms with Crippen molar-refractivity contribution >= 4 is 17.9 Å². The van der Waals surface area contributed by atoms with Crippen molar-refractivity contribution in [3.8, 4) is 0 Å². The summed E-state index contributed by atoms with van der Waals surface area (Å²) < 4.78 is 16.8. The van der Waals surface area contributed by atoms with Crippen LogP contribution >= 0.6 is 0 Å². The summed E-state index contributed by atoms with van der Waals surface area (Å²) in [6.45, 7) is 6.41. The quantitative estimate of drug-likeness (QED) is 0.0262. The fourth-order valence-electron chi connectivity index (χ4n) is 7.78. The fraction of sp³-hybridized carbons (Fsp3) is 0.750. The van der Waals surface area contributed by atoms with Crippen LogP contribution in [0.25, 0.3) is 0 Å². The lowest BCUT2D eigenvalue weighted by Gasteiger charge is -2.18. The molecule has 0 aliphatic heterocycles. The molecule has 0 radical (unpaired) electrons. The van der Waals surface area contributed by atoms with Gasteiger partial charge < -0.3 is 14.2 Å². The molecule has 0 N–H and O–H groups in total. The second-order valence-electron chi connectivity index (χ2n) is 18.4. The lowest BCUT2D eigenvalue weighted by atomic mass is 10.1. The SMILES string of the molecule is CC/C=C\C/C=C\C/C=C\CCCCCCCCCCCC(=O)OCC(COC(=O)CCCCCCCCC/C=C\C/C=C\CC)OC(=O)CCCCCCCCC/C=C\CCCCCC. The molecule has 0 fully saturated rings. The predicted molar refractivity (Wildman–Crippen MR) is 284 cm³/mol. The molecule has 6 heteroatoms. The number of esters is 3. The van der Waals surface area contributed by atoms with Crippen molar-refractivity contribution in [2.45, 2.75) is 277 Å². The third-order valence-corrected chi connectivity index (χ3v) is 11.9. The average molecular weight is 921 g/mol. The van der Waals surface area contributed by atoms with Crippen LogP contribution in [0.3, 0.4) is 0 Å². The van der Waals surface area contributed by atoms with E-state index >= 15 is 0 Å². The Morgan fingerprint density at radius 2 is 0.591 bits per heavy atom. The van der Waals surface area contributed by atoms with Crippen molar-refractivity contribution in [1.29, 1.82) is 0 Å². The molecule has 0 aromatic heterocycles. The van der Waals surface area contributed by atoms with Crippen molar-refractivity contribution in [3.63, 3.8) is 0 Å². The summed E-state index contributed by atoms with van der Waals surface area (Å²) in [6.07, 6.45) is 68.9. The Labute approximate surface area is 408 Å². The summed E-state index contributed by atoms with van der Waals surface area (Å²) in [5.41, 5.74) is 0. The van der Waals surface area contributed by atoms with Gasteiger partial charge in [0.15, 0.2) is 6.10 Å². The first kappa shape index (κ1) is 62.8. The van der Waals surface area contributed by atoms with Crippen LogP contribution in [0.5, 0.6) is 0 Å². The Kier molecular flexibility index (Phi) is 51.9. The van der Waals surface area contributed by atoms with Crippen molar-refractivity contribution in [1.82, 2.24) is 0 Å². The number of allylic oxidation sites excluding steroid dienone is 12. The molecule has 1 atom stereocenters. The molecule has 0 heterocycles. The maximum absolute atomic E-state index is 12.8. The Hall–Kier alpha value is -3.15. The molecule has 0 rings (SSSR count). The largest absolute Gasteiger partial charge is 0.462 e. The molecule has 0 bridgehead atoms. The smallest absolute Gasteiger partial charge is 0.306 e. The van der Waals surface area contributed by atoms with Gasteiger partial charge in [-0.2, -0.15) is 0 Å². The highest BCUT2D eigenvalue weighted by atomic mass is 16.6. The van der Waals surface area contributed by atoms with E-state index in [1.165, 1.54) is 135 Å². The van der Waals surface area contributed by atoms with Crippen LogP contribution in [0.1, 0.15) is 271 Å². The third kappa shape index (κ3) is 51.8. The molecule has 380 valence electrons. The number of carbonyl (C=O) groups excluding carboxylic acids is 3. The number of unbranched alkanes of at least 4 members (excludes halogenated alkanes) is 27. The maximum Gasteiger partial charge on any atom is 0.306 e. The first-order chi connectivity index (χ1) is 32.5. The van der Waals surface area contributed by atoms with Gasteiger partial charge in [-0.05, 0) is 103 Å². The van der Waals surface area contributed by atoms with E-state index in [1.54, 1.807) is 0 Å². The summed E-state index contributed by atoms with van der Waals surface area (Å²) in [5.74, 6) is -0.893. The molecule has 0 saturated carbocycles. The summed E-state index contributed by atoms with van der Waals surface area (Å²) in [6, 6.07) is 0. The van der Waals surface area contributed by atoms with Gasteiger partial charge in [0.2, 0.25) is 0 Å². The highest BCUT2D eigenvalue weighted by Crippen LogP contribution is 2.15. The molecule has 0 aliphatic rings. The normalized spacial score (nSPS) is 12.6. The summed E-state index contributed by atoms with van der Waals surface area (Å²) in [5, 5.41) is 0. The number of hydrogen-bond acceptors (Lipinski definition) is 6. The Morgan fingerprint density at radius 1 is 0.318 bits per heavy atom. The van der Waals surface area contributed by atoms with Crippen molar-refractivity contribution < 1.29 is 28.6 Å². The molecular weight excluding hydrogens is 817 g/mol. The van der Waals surface area contributed by atoms with Crippen LogP contribution < -0.4 is 0 Å². The first-order valence-corrected chi connectivity index (χ1v) is 27.9. The molecule has 66 heavy (non-hydrogen) atoms. The molecule has 1 unspecified atom stereocenters. The average Bonchev–Trinajstić information content (AvgIpc) is 3.31. The molecule has 0 aromatic rings. The van der Waals surface area contributed by atoms with E-state index in [9.17, 15) is 14.4 Å². The van der Waals surface area contributed by atoms with E-state index in [0.29, 0.717) is 19.3 Å². The second-order valence-corrected chi connectivity index (χ2v) is 18.4. The Balaban J connectivity index is 4.37. The monoisotopic (exact) mass is 921 g/mol. The molecule has 0 spiro atoms. The van der Waals surface area contributed by atoms with Gasteiger partial charge in [0.05, 0.1) is 0 Å². The van der Waals surface area contributed by atoms with E-state index in [1.807, 2.05) is 0 Å². The topological polar surface area (TPSA) is 78.9 Å². The maximum atomic E-state index is 12.8. The second kappa shape index (κ2) is 54.5. The van der Waals surface area contributed by atoms with Gasteiger partial charge in [-0.15, -0.1) is 0 Å². The number of hydrogen-bond donors (Lipinski definition) is 0. The van der Waals surface area contributed by atoms with Gasteiger partial charge in [0.25, 0.3) is 0 Å². The highest BCUT2D eigenvalue weighted by molar-refractivity contribution is 5.71. The minimum atomic E-state index is -0.783. The zero-order valence-electron chi connectivity index (χ0n) is 43.4. The minimum Gasteiger partial charge on any atom is -0.462 e. The van der Waals surface area contributed by atoms with E-state index < -0.39 is 6.10 Å². The predicted octanol–water partition coefficient (Wildman–Crippen LogP) is 18.6. The van der Waals surface area contributed by atoms with E-state index in [4.69, 9.17) is 14.2 Å². The van der Waals surface area contributed by atoms with Crippen LogP contribution in [-0.4, -0.2) is 37.2 Å². The van der Waals surface area contributed by atoms with Crippen LogP contribution in [-0.2, 0) is 28.6 Å². The summed E-state index contributed by atoms with van der Waals surface area (Å²) in [4.78, 5) is 38.1. The van der Waals surface area contributed by atoms with Crippen LogP contribution in [0.4, 0.5) is 0 Å². The Morgan fingerprint density at radius 3 is 0.939 bits per heavy atom. The van der Waals surface area contributed by atoms with E-state index in [0.717, 1.165) is 96.3 Å².